The fourth-order valence-electron chi connectivity index (χ4n) is 4.30. The average molecular weight is 490 g/mol. The number of aryl methyl sites for hydroxylation is 1. The molecule has 0 aliphatic rings. The fourth-order valence-corrected chi connectivity index (χ4v) is 5.06. The highest BCUT2D eigenvalue weighted by molar-refractivity contribution is 7.09. The topological polar surface area (TPSA) is 123 Å². The number of aromatic carboxylic acids is 1. The lowest BCUT2D eigenvalue weighted by Crippen LogP contribution is -2.34. The number of benzene rings is 2. The lowest BCUT2D eigenvalue weighted by molar-refractivity contribution is 0.0599. The van der Waals surface area contributed by atoms with Crippen molar-refractivity contribution in [1.29, 1.82) is 0 Å². The van der Waals surface area contributed by atoms with Gasteiger partial charge in [0.2, 0.25) is 0 Å². The highest BCUT2D eigenvalue weighted by atomic mass is 32.1. The van der Waals surface area contributed by atoms with Gasteiger partial charge in [-0.05, 0) is 36.8 Å². The molecule has 35 heavy (non-hydrogen) atoms. The average Bonchev–Trinajstić information content (AvgIpc) is 3.42. The summed E-state index contributed by atoms with van der Waals surface area (Å²) in [4.78, 5) is 53.6. The van der Waals surface area contributed by atoms with Gasteiger partial charge >= 0.3 is 17.6 Å². The lowest BCUT2D eigenvalue weighted by Gasteiger charge is -2.11. The first-order chi connectivity index (χ1) is 16.8. The second kappa shape index (κ2) is 8.41. The number of H-pyrrole nitrogens is 1. The number of methoxy groups -OCH3 is 1. The molecule has 0 spiro atoms. The van der Waals surface area contributed by atoms with Crippen molar-refractivity contribution >= 4 is 45.1 Å². The Morgan fingerprint density at radius 3 is 2.63 bits per heavy atom. The Balaban J connectivity index is 1.84. The van der Waals surface area contributed by atoms with E-state index in [1.54, 1.807) is 47.2 Å². The Bertz CT molecular complexity index is 1770. The molecule has 10 heteroatoms. The van der Waals surface area contributed by atoms with Crippen molar-refractivity contribution < 1.29 is 19.4 Å². The zero-order valence-electron chi connectivity index (χ0n) is 18.7. The molecule has 0 saturated carbocycles. The third-order valence-electron chi connectivity index (χ3n) is 5.85. The van der Waals surface area contributed by atoms with Crippen LogP contribution in [0.15, 0.2) is 62.8 Å². The standard InChI is InChI=1S/C25H19N3O6S/c1-13-6-7-19-16(8-13)20(28-22(29)17-11-35-12-18(17)26-25(28)33)21(23(30)31)27(19)10-14-4-3-5-15(9-14)24(32)34-2/h3-9,11-12H,10H2,1-2H3,(H,26,33)(H,30,31). The van der Waals surface area contributed by atoms with Gasteiger partial charge < -0.3 is 19.4 Å². The molecule has 0 radical (unpaired) electrons. The fraction of sp³-hybridized carbons (Fsp3) is 0.120. The van der Waals surface area contributed by atoms with Crippen LogP contribution in [-0.2, 0) is 11.3 Å². The molecule has 0 bridgehead atoms. The molecule has 0 aliphatic heterocycles. The minimum atomic E-state index is -1.30. The van der Waals surface area contributed by atoms with Crippen molar-refractivity contribution in [3.8, 4) is 5.69 Å². The minimum absolute atomic E-state index is 0.000303. The van der Waals surface area contributed by atoms with E-state index < -0.39 is 23.2 Å². The van der Waals surface area contributed by atoms with Gasteiger partial charge in [0.05, 0.1) is 34.8 Å². The second-order valence-corrected chi connectivity index (χ2v) is 8.81. The minimum Gasteiger partial charge on any atom is -0.477 e. The number of carbonyl (C=O) groups excluding carboxylic acids is 1. The van der Waals surface area contributed by atoms with Crippen LogP contribution in [0.1, 0.15) is 32.0 Å². The van der Waals surface area contributed by atoms with Crippen LogP contribution in [0.4, 0.5) is 0 Å². The maximum Gasteiger partial charge on any atom is 0.354 e. The molecule has 0 saturated heterocycles. The number of fused-ring (bicyclic) bond motifs is 2. The largest absolute Gasteiger partial charge is 0.477 e. The maximum absolute atomic E-state index is 13.3. The van der Waals surface area contributed by atoms with Crippen LogP contribution in [0.3, 0.4) is 0 Å². The number of carboxylic acids is 1. The highest BCUT2D eigenvalue weighted by Gasteiger charge is 2.27. The zero-order chi connectivity index (χ0) is 24.9. The summed E-state index contributed by atoms with van der Waals surface area (Å²) in [5.41, 5.74) is 1.20. The van der Waals surface area contributed by atoms with Crippen molar-refractivity contribution in [1.82, 2.24) is 14.1 Å². The van der Waals surface area contributed by atoms with Crippen LogP contribution in [0.5, 0.6) is 0 Å². The number of carbonyl (C=O) groups is 2. The number of ether oxygens (including phenoxy) is 1. The molecule has 0 fully saturated rings. The van der Waals surface area contributed by atoms with Gasteiger partial charge in [0, 0.05) is 22.7 Å². The first-order valence-electron chi connectivity index (χ1n) is 10.5. The summed E-state index contributed by atoms with van der Waals surface area (Å²) in [6, 6.07) is 12.0. The van der Waals surface area contributed by atoms with Gasteiger partial charge in [-0.15, -0.1) is 11.3 Å². The normalized spacial score (nSPS) is 11.3. The van der Waals surface area contributed by atoms with Gasteiger partial charge in [0.15, 0.2) is 5.69 Å². The van der Waals surface area contributed by atoms with Crippen LogP contribution in [0.25, 0.3) is 27.5 Å². The number of rotatable bonds is 5. The Morgan fingerprint density at radius 1 is 1.09 bits per heavy atom. The molecule has 176 valence electrons. The SMILES string of the molecule is COC(=O)c1cccc(Cn2c(C(=O)O)c(-n3c(=O)[nH]c4cscc4c3=O)c3cc(C)ccc32)c1. The number of aromatic nitrogens is 3. The van der Waals surface area contributed by atoms with E-state index in [2.05, 4.69) is 4.98 Å². The molecule has 0 unspecified atom stereocenters. The van der Waals surface area contributed by atoms with E-state index >= 15 is 0 Å². The summed E-state index contributed by atoms with van der Waals surface area (Å²) in [5.74, 6) is -1.81. The van der Waals surface area contributed by atoms with E-state index in [4.69, 9.17) is 4.74 Å². The number of nitrogens with one attached hydrogen (secondary N) is 1. The van der Waals surface area contributed by atoms with Gasteiger partial charge in [-0.1, -0.05) is 23.8 Å². The Morgan fingerprint density at radius 2 is 1.89 bits per heavy atom. The molecular formula is C25H19N3O6S. The summed E-state index contributed by atoms with van der Waals surface area (Å²) in [7, 11) is 1.28. The Kier molecular flexibility index (Phi) is 5.37. The quantitative estimate of drug-likeness (QED) is 0.364. The molecule has 3 aromatic heterocycles. The first-order valence-corrected chi connectivity index (χ1v) is 11.5. The number of thiophene rings is 1. The lowest BCUT2D eigenvalue weighted by atomic mass is 10.1. The highest BCUT2D eigenvalue weighted by Crippen LogP contribution is 2.31. The van der Waals surface area contributed by atoms with Gasteiger partial charge in [-0.3, -0.25) is 4.79 Å². The molecule has 9 nitrogen and oxygen atoms in total. The van der Waals surface area contributed by atoms with E-state index in [1.807, 2.05) is 13.0 Å². The summed E-state index contributed by atoms with van der Waals surface area (Å²) in [5, 5.41) is 14.3. The van der Waals surface area contributed by atoms with Crippen molar-refractivity contribution in [2.45, 2.75) is 13.5 Å². The molecule has 0 amide bonds. The van der Waals surface area contributed by atoms with Crippen LogP contribution < -0.4 is 11.2 Å². The van der Waals surface area contributed by atoms with Gasteiger partial charge in [-0.2, -0.15) is 0 Å². The van der Waals surface area contributed by atoms with Crippen molar-refractivity contribution in [2.75, 3.05) is 7.11 Å². The van der Waals surface area contributed by atoms with Gasteiger partial charge in [0.25, 0.3) is 5.56 Å². The molecule has 0 atom stereocenters. The number of hydrogen-bond donors (Lipinski definition) is 2. The predicted molar refractivity (Wildman–Crippen MR) is 132 cm³/mol. The van der Waals surface area contributed by atoms with E-state index in [-0.39, 0.29) is 17.9 Å². The number of hydrogen-bond acceptors (Lipinski definition) is 6. The van der Waals surface area contributed by atoms with Gasteiger partial charge in [-0.25, -0.2) is 19.0 Å². The van der Waals surface area contributed by atoms with Crippen LogP contribution in [0.2, 0.25) is 0 Å². The molecular weight excluding hydrogens is 470 g/mol. The Labute approximate surface area is 201 Å². The molecule has 2 aromatic carbocycles. The third-order valence-corrected chi connectivity index (χ3v) is 6.59. The maximum atomic E-state index is 13.3. The van der Waals surface area contributed by atoms with E-state index in [1.165, 1.54) is 23.0 Å². The monoisotopic (exact) mass is 489 g/mol. The van der Waals surface area contributed by atoms with Gasteiger partial charge in [0.1, 0.15) is 0 Å². The summed E-state index contributed by atoms with van der Waals surface area (Å²) >= 11 is 1.27. The van der Waals surface area contributed by atoms with Crippen LogP contribution in [-0.4, -0.2) is 38.3 Å². The second-order valence-electron chi connectivity index (χ2n) is 8.07. The summed E-state index contributed by atoms with van der Waals surface area (Å²) in [6.45, 7) is 1.93. The van der Waals surface area contributed by atoms with E-state index in [0.29, 0.717) is 32.9 Å². The van der Waals surface area contributed by atoms with Crippen molar-refractivity contribution in [3.05, 3.63) is 96.4 Å². The summed E-state index contributed by atoms with van der Waals surface area (Å²) < 4.78 is 7.21. The van der Waals surface area contributed by atoms with Crippen LogP contribution >= 0.6 is 11.3 Å². The van der Waals surface area contributed by atoms with E-state index in [9.17, 15) is 24.3 Å². The summed E-state index contributed by atoms with van der Waals surface area (Å²) in [6.07, 6.45) is 0. The molecule has 3 heterocycles. The van der Waals surface area contributed by atoms with Crippen molar-refractivity contribution in [3.63, 3.8) is 0 Å². The van der Waals surface area contributed by atoms with Crippen LogP contribution in [0, 0.1) is 6.92 Å². The number of nitrogens with zero attached hydrogens (tertiary/aromatic N) is 2. The smallest absolute Gasteiger partial charge is 0.354 e. The Hall–Kier alpha value is -4.44. The molecule has 2 N–H and O–H groups in total. The molecule has 0 aliphatic carbocycles. The molecule has 5 rings (SSSR count). The first kappa shape index (κ1) is 22.4. The number of esters is 1. The number of carboxylic acid groups (broad SMARTS) is 1. The number of aromatic amines is 1. The van der Waals surface area contributed by atoms with Crippen molar-refractivity contribution in [2.24, 2.45) is 0 Å². The van der Waals surface area contributed by atoms with E-state index in [0.717, 1.165) is 10.1 Å². The molecule has 5 aromatic rings. The predicted octanol–water partition coefficient (Wildman–Crippen LogP) is 3.54. The third kappa shape index (κ3) is 3.64. The zero-order valence-corrected chi connectivity index (χ0v) is 19.5.